The number of aryl methyl sites for hydroxylation is 3. The number of nitrogens with zero attached hydrogens (tertiary/aromatic N) is 2. The Morgan fingerprint density at radius 3 is 2.75 bits per heavy atom. The molecular weight excluding hydrogens is 254 g/mol. The summed E-state index contributed by atoms with van der Waals surface area (Å²) in [5.74, 6) is 0.577. The Bertz CT molecular complexity index is 585. The van der Waals surface area contributed by atoms with E-state index in [1.165, 1.54) is 0 Å². The molecule has 0 saturated heterocycles. The van der Waals surface area contributed by atoms with Gasteiger partial charge in [-0.25, -0.2) is 0 Å². The minimum atomic E-state index is -0.156. The van der Waals surface area contributed by atoms with Crippen LogP contribution in [-0.4, -0.2) is 22.3 Å². The van der Waals surface area contributed by atoms with E-state index in [1.807, 2.05) is 51.2 Å². The first-order valence-electron chi connectivity index (χ1n) is 6.51. The van der Waals surface area contributed by atoms with Gasteiger partial charge in [0.15, 0.2) is 6.61 Å². The third kappa shape index (κ3) is 3.60. The molecule has 1 heterocycles. The zero-order valence-corrected chi connectivity index (χ0v) is 12.0. The number of carbonyl (C=O) groups excluding carboxylic acids is 1. The molecule has 0 radical (unpaired) electrons. The Hall–Kier alpha value is -2.30. The van der Waals surface area contributed by atoms with Gasteiger partial charge in [0.1, 0.15) is 5.75 Å². The van der Waals surface area contributed by atoms with Crippen LogP contribution in [0.1, 0.15) is 17.0 Å². The second kappa shape index (κ2) is 6.23. The first kappa shape index (κ1) is 14.1. The predicted molar refractivity (Wildman–Crippen MR) is 76.5 cm³/mol. The third-order valence-electron chi connectivity index (χ3n) is 3.08. The number of hydrogen-bond acceptors (Lipinski definition) is 3. The molecule has 5 nitrogen and oxygen atoms in total. The van der Waals surface area contributed by atoms with E-state index in [-0.39, 0.29) is 12.5 Å². The van der Waals surface area contributed by atoms with Gasteiger partial charge in [-0.1, -0.05) is 18.2 Å². The molecule has 106 valence electrons. The Morgan fingerprint density at radius 2 is 2.10 bits per heavy atom. The summed E-state index contributed by atoms with van der Waals surface area (Å²) in [5, 5.41) is 7.07. The number of para-hydroxylation sites is 1. The molecule has 0 atom stereocenters. The second-order valence-electron chi connectivity index (χ2n) is 4.73. The number of amides is 1. The van der Waals surface area contributed by atoms with E-state index in [9.17, 15) is 4.79 Å². The number of rotatable bonds is 5. The highest BCUT2D eigenvalue weighted by molar-refractivity contribution is 5.77. The molecule has 0 aliphatic rings. The number of carbonyl (C=O) groups is 1. The lowest BCUT2D eigenvalue weighted by Crippen LogP contribution is -2.28. The Morgan fingerprint density at radius 1 is 1.35 bits per heavy atom. The summed E-state index contributed by atoms with van der Waals surface area (Å²) in [5.41, 5.74) is 2.92. The molecule has 1 aromatic heterocycles. The van der Waals surface area contributed by atoms with Crippen LogP contribution in [0.5, 0.6) is 5.75 Å². The summed E-state index contributed by atoms with van der Waals surface area (Å²) in [4.78, 5) is 11.7. The van der Waals surface area contributed by atoms with Crippen LogP contribution in [0.15, 0.2) is 30.3 Å². The monoisotopic (exact) mass is 273 g/mol. The molecule has 2 rings (SSSR count). The van der Waals surface area contributed by atoms with E-state index in [4.69, 9.17) is 4.74 Å². The lowest BCUT2D eigenvalue weighted by atomic mass is 10.2. The van der Waals surface area contributed by atoms with Gasteiger partial charge in [-0.2, -0.15) is 5.10 Å². The average Bonchev–Trinajstić information content (AvgIpc) is 2.75. The topological polar surface area (TPSA) is 56.1 Å². The minimum Gasteiger partial charge on any atom is -0.484 e. The fraction of sp³-hybridized carbons (Fsp3) is 0.333. The summed E-state index contributed by atoms with van der Waals surface area (Å²) in [6, 6.07) is 9.57. The molecule has 1 aromatic carbocycles. The SMILES string of the molecule is Cc1ccccc1OCC(=O)NCc1cc(C)n(C)n1. The summed E-state index contributed by atoms with van der Waals surface area (Å²) >= 11 is 0. The molecule has 5 heteroatoms. The van der Waals surface area contributed by atoms with Crippen molar-refractivity contribution in [1.82, 2.24) is 15.1 Å². The standard InChI is InChI=1S/C15H19N3O2/c1-11-6-4-5-7-14(11)20-10-15(19)16-9-13-8-12(2)18(3)17-13/h4-8H,9-10H2,1-3H3,(H,16,19). The van der Waals surface area contributed by atoms with Gasteiger partial charge in [0.2, 0.25) is 0 Å². The third-order valence-corrected chi connectivity index (χ3v) is 3.08. The van der Waals surface area contributed by atoms with Gasteiger partial charge in [-0.3, -0.25) is 9.48 Å². The summed E-state index contributed by atoms with van der Waals surface area (Å²) in [6.45, 7) is 4.35. The summed E-state index contributed by atoms with van der Waals surface area (Å²) in [6.07, 6.45) is 0. The average molecular weight is 273 g/mol. The Balaban J connectivity index is 1.80. The van der Waals surface area contributed by atoms with Gasteiger partial charge in [0, 0.05) is 12.7 Å². The second-order valence-corrected chi connectivity index (χ2v) is 4.73. The molecule has 1 amide bonds. The van der Waals surface area contributed by atoms with Crippen molar-refractivity contribution in [3.63, 3.8) is 0 Å². The van der Waals surface area contributed by atoms with E-state index in [0.29, 0.717) is 6.54 Å². The van der Waals surface area contributed by atoms with Crippen LogP contribution in [0.2, 0.25) is 0 Å². The first-order valence-corrected chi connectivity index (χ1v) is 6.51. The van der Waals surface area contributed by atoms with Gasteiger partial charge in [-0.05, 0) is 31.5 Å². The smallest absolute Gasteiger partial charge is 0.258 e. The maximum absolute atomic E-state index is 11.7. The molecule has 0 aliphatic heterocycles. The van der Waals surface area contributed by atoms with Crippen LogP contribution in [0, 0.1) is 13.8 Å². The molecular formula is C15H19N3O2. The number of aromatic nitrogens is 2. The molecule has 0 spiro atoms. The zero-order chi connectivity index (χ0) is 14.5. The van der Waals surface area contributed by atoms with Gasteiger partial charge in [0.05, 0.1) is 12.2 Å². The van der Waals surface area contributed by atoms with Crippen LogP contribution in [-0.2, 0) is 18.4 Å². The fourth-order valence-corrected chi connectivity index (χ4v) is 1.82. The van der Waals surface area contributed by atoms with E-state index in [0.717, 1.165) is 22.7 Å². The molecule has 1 N–H and O–H groups in total. The van der Waals surface area contributed by atoms with Crippen LogP contribution in [0.25, 0.3) is 0 Å². The van der Waals surface area contributed by atoms with Crippen molar-refractivity contribution in [3.05, 3.63) is 47.3 Å². The van der Waals surface area contributed by atoms with Crippen molar-refractivity contribution in [2.24, 2.45) is 7.05 Å². The van der Waals surface area contributed by atoms with Crippen LogP contribution >= 0.6 is 0 Å². The molecule has 0 bridgehead atoms. The maximum Gasteiger partial charge on any atom is 0.258 e. The van der Waals surface area contributed by atoms with Crippen molar-refractivity contribution in [2.75, 3.05) is 6.61 Å². The molecule has 20 heavy (non-hydrogen) atoms. The number of ether oxygens (including phenoxy) is 1. The van der Waals surface area contributed by atoms with Gasteiger partial charge in [-0.15, -0.1) is 0 Å². The quantitative estimate of drug-likeness (QED) is 0.902. The van der Waals surface area contributed by atoms with Crippen LogP contribution in [0.4, 0.5) is 0 Å². The first-order chi connectivity index (χ1) is 9.56. The zero-order valence-electron chi connectivity index (χ0n) is 12.0. The van der Waals surface area contributed by atoms with Crippen molar-refractivity contribution in [2.45, 2.75) is 20.4 Å². The highest BCUT2D eigenvalue weighted by Crippen LogP contribution is 2.15. The van der Waals surface area contributed by atoms with Crippen LogP contribution in [0.3, 0.4) is 0 Å². The van der Waals surface area contributed by atoms with Crippen LogP contribution < -0.4 is 10.1 Å². The number of nitrogens with one attached hydrogen (secondary N) is 1. The van der Waals surface area contributed by atoms with Gasteiger partial charge >= 0.3 is 0 Å². The summed E-state index contributed by atoms with van der Waals surface area (Å²) < 4.78 is 7.26. The fourth-order valence-electron chi connectivity index (χ4n) is 1.82. The summed E-state index contributed by atoms with van der Waals surface area (Å²) in [7, 11) is 1.88. The molecule has 0 unspecified atom stereocenters. The minimum absolute atomic E-state index is 0.0106. The van der Waals surface area contributed by atoms with Gasteiger partial charge in [0.25, 0.3) is 5.91 Å². The highest BCUT2D eigenvalue weighted by atomic mass is 16.5. The lowest BCUT2D eigenvalue weighted by Gasteiger charge is -2.08. The largest absolute Gasteiger partial charge is 0.484 e. The number of hydrogen-bond donors (Lipinski definition) is 1. The van der Waals surface area contributed by atoms with Gasteiger partial charge < -0.3 is 10.1 Å². The normalized spacial score (nSPS) is 10.3. The van der Waals surface area contributed by atoms with E-state index in [1.54, 1.807) is 4.68 Å². The number of benzene rings is 1. The van der Waals surface area contributed by atoms with Crippen molar-refractivity contribution < 1.29 is 9.53 Å². The molecule has 0 fully saturated rings. The lowest BCUT2D eigenvalue weighted by molar-refractivity contribution is -0.123. The Kier molecular flexibility index (Phi) is 4.40. The maximum atomic E-state index is 11.7. The van der Waals surface area contributed by atoms with E-state index < -0.39 is 0 Å². The highest BCUT2D eigenvalue weighted by Gasteiger charge is 2.06. The van der Waals surface area contributed by atoms with E-state index in [2.05, 4.69) is 10.4 Å². The van der Waals surface area contributed by atoms with Crippen molar-refractivity contribution in [1.29, 1.82) is 0 Å². The van der Waals surface area contributed by atoms with Crippen molar-refractivity contribution >= 4 is 5.91 Å². The predicted octanol–water partition coefficient (Wildman–Crippen LogP) is 1.73. The van der Waals surface area contributed by atoms with E-state index >= 15 is 0 Å². The molecule has 0 aliphatic carbocycles. The Labute approximate surface area is 118 Å². The molecule has 0 saturated carbocycles. The molecule has 2 aromatic rings. The van der Waals surface area contributed by atoms with Crippen molar-refractivity contribution in [3.8, 4) is 5.75 Å².